The third-order valence-corrected chi connectivity index (χ3v) is 3.33. The highest BCUT2D eigenvalue weighted by Gasteiger charge is 2.16. The van der Waals surface area contributed by atoms with Crippen LogP contribution in [0.2, 0.25) is 5.02 Å². The first kappa shape index (κ1) is 15.3. The van der Waals surface area contributed by atoms with E-state index in [2.05, 4.69) is 0 Å². The van der Waals surface area contributed by atoms with Crippen molar-refractivity contribution in [2.45, 2.75) is 19.4 Å². The van der Waals surface area contributed by atoms with Gasteiger partial charge in [0.1, 0.15) is 5.75 Å². The Morgan fingerprint density at radius 2 is 1.95 bits per heavy atom. The molecule has 0 aliphatic rings. The molecule has 0 saturated carbocycles. The van der Waals surface area contributed by atoms with Gasteiger partial charge in [-0.1, -0.05) is 30.7 Å². The van der Waals surface area contributed by atoms with Crippen LogP contribution in [0.15, 0.2) is 42.5 Å². The van der Waals surface area contributed by atoms with Gasteiger partial charge < -0.3 is 10.5 Å². The standard InChI is InChI=1S/C15H15ClN2O3/c1-2-13(17)10-3-6-12(7-4-10)21-15-9-11(16)5-8-14(15)18(19)20/h3-9,13H,2,17H2,1H3. The van der Waals surface area contributed by atoms with Gasteiger partial charge in [-0.05, 0) is 30.2 Å². The van der Waals surface area contributed by atoms with Crippen LogP contribution >= 0.6 is 11.6 Å². The van der Waals surface area contributed by atoms with E-state index in [-0.39, 0.29) is 17.5 Å². The fourth-order valence-electron chi connectivity index (χ4n) is 1.87. The van der Waals surface area contributed by atoms with Gasteiger partial charge in [0, 0.05) is 23.2 Å². The fourth-order valence-corrected chi connectivity index (χ4v) is 2.03. The summed E-state index contributed by atoms with van der Waals surface area (Å²) in [6, 6.07) is 11.3. The van der Waals surface area contributed by atoms with Crippen molar-refractivity contribution < 1.29 is 9.66 Å². The molecule has 5 nitrogen and oxygen atoms in total. The van der Waals surface area contributed by atoms with Crippen molar-refractivity contribution >= 4 is 17.3 Å². The highest BCUT2D eigenvalue weighted by atomic mass is 35.5. The molecule has 0 aromatic heterocycles. The molecule has 1 atom stereocenters. The quantitative estimate of drug-likeness (QED) is 0.654. The second kappa shape index (κ2) is 6.56. The first-order valence-corrected chi connectivity index (χ1v) is 6.86. The van der Waals surface area contributed by atoms with Crippen LogP contribution in [0.1, 0.15) is 24.9 Å². The lowest BCUT2D eigenvalue weighted by molar-refractivity contribution is -0.385. The lowest BCUT2D eigenvalue weighted by Crippen LogP contribution is -2.08. The van der Waals surface area contributed by atoms with Crippen molar-refractivity contribution in [1.29, 1.82) is 0 Å². The molecule has 21 heavy (non-hydrogen) atoms. The van der Waals surface area contributed by atoms with Crippen LogP contribution < -0.4 is 10.5 Å². The monoisotopic (exact) mass is 306 g/mol. The van der Waals surface area contributed by atoms with Crippen molar-refractivity contribution in [3.05, 3.63) is 63.2 Å². The number of hydrogen-bond donors (Lipinski definition) is 1. The molecule has 2 aromatic carbocycles. The first-order valence-electron chi connectivity index (χ1n) is 6.48. The smallest absolute Gasteiger partial charge is 0.311 e. The van der Waals surface area contributed by atoms with E-state index in [1.54, 1.807) is 12.1 Å². The molecule has 0 aliphatic heterocycles. The van der Waals surface area contributed by atoms with Crippen molar-refractivity contribution in [3.63, 3.8) is 0 Å². The van der Waals surface area contributed by atoms with Crippen LogP contribution in [0.3, 0.4) is 0 Å². The number of nitro benzene ring substituents is 1. The Hall–Kier alpha value is -2.11. The zero-order valence-electron chi connectivity index (χ0n) is 11.5. The van der Waals surface area contributed by atoms with E-state index in [0.717, 1.165) is 12.0 Å². The lowest BCUT2D eigenvalue weighted by Gasteiger charge is -2.11. The van der Waals surface area contributed by atoms with Crippen LogP contribution in [0.4, 0.5) is 5.69 Å². The topological polar surface area (TPSA) is 78.4 Å². The minimum absolute atomic E-state index is 0.0282. The van der Waals surface area contributed by atoms with E-state index in [4.69, 9.17) is 22.1 Å². The molecular formula is C15H15ClN2O3. The summed E-state index contributed by atoms with van der Waals surface area (Å²) in [6.45, 7) is 2.00. The number of rotatable bonds is 5. The molecule has 0 amide bonds. The van der Waals surface area contributed by atoms with Crippen molar-refractivity contribution in [1.82, 2.24) is 0 Å². The number of hydrogen-bond acceptors (Lipinski definition) is 4. The third-order valence-electron chi connectivity index (χ3n) is 3.09. The number of nitro groups is 1. The summed E-state index contributed by atoms with van der Waals surface area (Å²) in [5.41, 5.74) is 6.79. The molecular weight excluding hydrogens is 292 g/mol. The maximum atomic E-state index is 11.0. The number of nitrogens with two attached hydrogens (primary N) is 1. The molecule has 0 spiro atoms. The summed E-state index contributed by atoms with van der Waals surface area (Å²) >= 11 is 5.85. The lowest BCUT2D eigenvalue weighted by atomic mass is 10.1. The minimum Gasteiger partial charge on any atom is -0.450 e. The summed E-state index contributed by atoms with van der Waals surface area (Å²) in [4.78, 5) is 10.5. The predicted octanol–water partition coefficient (Wildman–Crippen LogP) is 4.45. The Kier molecular flexibility index (Phi) is 4.77. The van der Waals surface area contributed by atoms with Gasteiger partial charge in [-0.2, -0.15) is 0 Å². The second-order valence-electron chi connectivity index (χ2n) is 4.55. The number of halogens is 1. The van der Waals surface area contributed by atoms with Gasteiger partial charge in [0.2, 0.25) is 5.75 Å². The molecule has 6 heteroatoms. The van der Waals surface area contributed by atoms with Gasteiger partial charge in [-0.15, -0.1) is 0 Å². The highest BCUT2D eigenvalue weighted by molar-refractivity contribution is 6.30. The van der Waals surface area contributed by atoms with Gasteiger partial charge in [0.05, 0.1) is 4.92 Å². The molecule has 0 aliphatic carbocycles. The van der Waals surface area contributed by atoms with Gasteiger partial charge in [0.25, 0.3) is 0 Å². The summed E-state index contributed by atoms with van der Waals surface area (Å²) in [6.07, 6.45) is 0.833. The van der Waals surface area contributed by atoms with Crippen molar-refractivity contribution in [3.8, 4) is 11.5 Å². The van der Waals surface area contributed by atoms with E-state index in [1.807, 2.05) is 19.1 Å². The Labute approximate surface area is 127 Å². The first-order chi connectivity index (χ1) is 10.0. The Morgan fingerprint density at radius 1 is 1.29 bits per heavy atom. The van der Waals surface area contributed by atoms with Crippen LogP contribution in [-0.4, -0.2) is 4.92 Å². The molecule has 0 radical (unpaired) electrons. The molecule has 2 aromatic rings. The van der Waals surface area contributed by atoms with Crippen molar-refractivity contribution in [2.24, 2.45) is 5.73 Å². The third kappa shape index (κ3) is 3.71. The van der Waals surface area contributed by atoms with Crippen LogP contribution in [0, 0.1) is 10.1 Å². The van der Waals surface area contributed by atoms with Gasteiger partial charge in [-0.25, -0.2) is 0 Å². The molecule has 0 fully saturated rings. The molecule has 0 bridgehead atoms. The van der Waals surface area contributed by atoms with Gasteiger partial charge >= 0.3 is 5.69 Å². The molecule has 0 heterocycles. The van der Waals surface area contributed by atoms with Gasteiger partial charge in [0.15, 0.2) is 0 Å². The van der Waals surface area contributed by atoms with Crippen molar-refractivity contribution in [2.75, 3.05) is 0 Å². The number of nitrogens with zero attached hydrogens (tertiary/aromatic N) is 1. The SMILES string of the molecule is CCC(N)c1ccc(Oc2cc(Cl)ccc2[N+](=O)[O-])cc1. The number of benzene rings is 2. The molecule has 1 unspecified atom stereocenters. The van der Waals surface area contributed by atoms with Gasteiger partial charge in [-0.3, -0.25) is 10.1 Å². The maximum absolute atomic E-state index is 11.0. The maximum Gasteiger partial charge on any atom is 0.311 e. The van der Waals surface area contributed by atoms with E-state index in [0.29, 0.717) is 10.8 Å². The normalized spacial score (nSPS) is 12.0. The zero-order chi connectivity index (χ0) is 15.4. The van der Waals surface area contributed by atoms with E-state index in [9.17, 15) is 10.1 Å². The largest absolute Gasteiger partial charge is 0.450 e. The second-order valence-corrected chi connectivity index (χ2v) is 4.99. The predicted molar refractivity (Wildman–Crippen MR) is 81.8 cm³/mol. The van der Waals surface area contributed by atoms with E-state index < -0.39 is 4.92 Å². The zero-order valence-corrected chi connectivity index (χ0v) is 12.2. The van der Waals surface area contributed by atoms with Crippen LogP contribution in [0.5, 0.6) is 11.5 Å². The molecule has 2 N–H and O–H groups in total. The average molecular weight is 307 g/mol. The highest BCUT2D eigenvalue weighted by Crippen LogP contribution is 2.34. The van der Waals surface area contributed by atoms with E-state index in [1.165, 1.54) is 18.2 Å². The average Bonchev–Trinajstić information content (AvgIpc) is 2.47. The molecule has 0 saturated heterocycles. The molecule has 2 rings (SSSR count). The minimum atomic E-state index is -0.507. The summed E-state index contributed by atoms with van der Waals surface area (Å²) < 4.78 is 5.55. The summed E-state index contributed by atoms with van der Waals surface area (Å²) in [5.74, 6) is 0.604. The Bertz CT molecular complexity index is 644. The summed E-state index contributed by atoms with van der Waals surface area (Å²) in [7, 11) is 0. The van der Waals surface area contributed by atoms with E-state index >= 15 is 0 Å². The number of ether oxygens (including phenoxy) is 1. The van der Waals surface area contributed by atoms with Crippen LogP contribution in [0.25, 0.3) is 0 Å². The van der Waals surface area contributed by atoms with Crippen LogP contribution in [-0.2, 0) is 0 Å². The fraction of sp³-hybridized carbons (Fsp3) is 0.200. The Balaban J connectivity index is 2.26. The molecule has 110 valence electrons. The summed E-state index contributed by atoms with van der Waals surface area (Å²) in [5, 5.41) is 11.3. The Morgan fingerprint density at radius 3 is 2.52 bits per heavy atom.